The molecule has 0 amide bonds. The number of methoxy groups -OCH3 is 1. The lowest BCUT2D eigenvalue weighted by Crippen LogP contribution is -2.37. The normalized spacial score (nSPS) is 23.3. The van der Waals surface area contributed by atoms with Crippen LogP contribution in [0.2, 0.25) is 0 Å². The van der Waals surface area contributed by atoms with Crippen LogP contribution >= 0.6 is 0 Å². The summed E-state index contributed by atoms with van der Waals surface area (Å²) in [7, 11) is 1.47. The average molecular weight is 266 g/mol. The Balaban J connectivity index is 2.29. The minimum atomic E-state index is -0.337. The van der Waals surface area contributed by atoms with Gasteiger partial charge in [0, 0.05) is 6.04 Å². The Labute approximate surface area is 114 Å². The van der Waals surface area contributed by atoms with Gasteiger partial charge in [0.1, 0.15) is 0 Å². The molecule has 0 spiro atoms. The van der Waals surface area contributed by atoms with Crippen LogP contribution in [0.4, 0.5) is 4.39 Å². The lowest BCUT2D eigenvalue weighted by atomic mass is 9.75. The van der Waals surface area contributed by atoms with Crippen molar-refractivity contribution in [1.29, 1.82) is 0 Å². The summed E-state index contributed by atoms with van der Waals surface area (Å²) in [4.78, 5) is 0. The Hall–Kier alpha value is -1.13. The maximum atomic E-state index is 13.8. The fraction of sp³-hybridized carbons (Fsp3) is 0.600. The van der Waals surface area contributed by atoms with E-state index in [0.717, 1.165) is 12.0 Å². The molecule has 3 N–H and O–H groups in total. The quantitative estimate of drug-likeness (QED) is 0.650. The van der Waals surface area contributed by atoms with Gasteiger partial charge in [-0.15, -0.1) is 0 Å². The van der Waals surface area contributed by atoms with E-state index in [4.69, 9.17) is 10.6 Å². The second kappa shape index (κ2) is 5.47. The first-order valence-corrected chi connectivity index (χ1v) is 6.79. The molecule has 1 saturated carbocycles. The Bertz CT molecular complexity index is 448. The van der Waals surface area contributed by atoms with Crippen LogP contribution in [0, 0.1) is 17.2 Å². The molecule has 1 aliphatic carbocycles. The SMILES string of the molecule is COc1ccc(C(NN)C2CCCC2(C)C)cc1F. The van der Waals surface area contributed by atoms with Crippen molar-refractivity contribution in [2.45, 2.75) is 39.2 Å². The van der Waals surface area contributed by atoms with Gasteiger partial charge in [-0.1, -0.05) is 26.3 Å². The molecule has 1 fully saturated rings. The van der Waals surface area contributed by atoms with E-state index in [9.17, 15) is 4.39 Å². The van der Waals surface area contributed by atoms with E-state index in [-0.39, 0.29) is 23.0 Å². The van der Waals surface area contributed by atoms with Gasteiger partial charge >= 0.3 is 0 Å². The minimum absolute atomic E-state index is 0.0158. The van der Waals surface area contributed by atoms with Gasteiger partial charge in [0.2, 0.25) is 0 Å². The van der Waals surface area contributed by atoms with Gasteiger partial charge in [0.15, 0.2) is 11.6 Å². The third kappa shape index (κ3) is 2.74. The summed E-state index contributed by atoms with van der Waals surface area (Å²) < 4.78 is 18.8. The molecule has 106 valence electrons. The summed E-state index contributed by atoms with van der Waals surface area (Å²) in [5.74, 6) is 6.08. The summed E-state index contributed by atoms with van der Waals surface area (Å²) in [6, 6.07) is 5.06. The van der Waals surface area contributed by atoms with Crippen LogP contribution in [-0.4, -0.2) is 7.11 Å². The summed E-state index contributed by atoms with van der Waals surface area (Å²) in [5.41, 5.74) is 3.99. The highest BCUT2D eigenvalue weighted by Crippen LogP contribution is 2.48. The largest absolute Gasteiger partial charge is 0.494 e. The first-order valence-electron chi connectivity index (χ1n) is 6.79. The highest BCUT2D eigenvalue weighted by molar-refractivity contribution is 5.31. The first kappa shape index (κ1) is 14.3. The molecule has 0 aliphatic heterocycles. The molecule has 2 atom stereocenters. The molecule has 0 heterocycles. The number of nitrogens with two attached hydrogens (primary N) is 1. The van der Waals surface area contributed by atoms with Crippen molar-refractivity contribution in [2.24, 2.45) is 17.2 Å². The molecule has 0 aromatic heterocycles. The number of nitrogens with one attached hydrogen (secondary N) is 1. The standard InChI is InChI=1S/C15H23FN2O/c1-15(2)8-4-5-11(15)14(18-17)10-6-7-13(19-3)12(16)9-10/h6-7,9,11,14,18H,4-5,8,17H2,1-3H3. The molecule has 2 unspecified atom stereocenters. The smallest absolute Gasteiger partial charge is 0.165 e. The third-order valence-electron chi connectivity index (χ3n) is 4.46. The Morgan fingerprint density at radius 2 is 2.21 bits per heavy atom. The number of hydrazine groups is 1. The predicted octanol–water partition coefficient (Wildman–Crippen LogP) is 3.17. The predicted molar refractivity (Wildman–Crippen MR) is 74.1 cm³/mol. The van der Waals surface area contributed by atoms with Crippen molar-refractivity contribution >= 4 is 0 Å². The third-order valence-corrected chi connectivity index (χ3v) is 4.46. The lowest BCUT2D eigenvalue weighted by molar-refractivity contribution is 0.198. The van der Waals surface area contributed by atoms with Crippen LogP contribution in [0.15, 0.2) is 18.2 Å². The van der Waals surface area contributed by atoms with Crippen LogP contribution in [0.25, 0.3) is 0 Å². The molecule has 19 heavy (non-hydrogen) atoms. The second-order valence-electron chi connectivity index (χ2n) is 6.03. The second-order valence-corrected chi connectivity index (χ2v) is 6.03. The number of benzene rings is 1. The molecule has 1 aromatic carbocycles. The van der Waals surface area contributed by atoms with Crippen molar-refractivity contribution < 1.29 is 9.13 Å². The van der Waals surface area contributed by atoms with Crippen molar-refractivity contribution in [2.75, 3.05) is 7.11 Å². The summed E-state index contributed by atoms with van der Waals surface area (Å²) in [6.07, 6.45) is 3.51. The molecule has 4 heteroatoms. The molecule has 1 aliphatic rings. The number of hydrogen-bond acceptors (Lipinski definition) is 3. The number of halogens is 1. The molecule has 0 bridgehead atoms. The number of hydrogen-bond donors (Lipinski definition) is 2. The van der Waals surface area contributed by atoms with E-state index in [1.54, 1.807) is 6.07 Å². The number of rotatable bonds is 4. The zero-order valence-electron chi connectivity index (χ0n) is 11.9. The molecule has 0 saturated heterocycles. The van der Waals surface area contributed by atoms with E-state index in [1.165, 1.54) is 26.0 Å². The Kier molecular flexibility index (Phi) is 4.11. The Morgan fingerprint density at radius 1 is 1.47 bits per heavy atom. The van der Waals surface area contributed by atoms with Gasteiger partial charge in [-0.25, -0.2) is 4.39 Å². The molecule has 2 rings (SSSR count). The van der Waals surface area contributed by atoms with Crippen LogP contribution in [0.1, 0.15) is 44.7 Å². The molecule has 0 radical (unpaired) electrons. The fourth-order valence-corrected chi connectivity index (χ4v) is 3.29. The van der Waals surface area contributed by atoms with Crippen molar-refractivity contribution in [1.82, 2.24) is 5.43 Å². The van der Waals surface area contributed by atoms with Gasteiger partial charge < -0.3 is 4.74 Å². The average Bonchev–Trinajstić information content (AvgIpc) is 2.71. The molecule has 3 nitrogen and oxygen atoms in total. The van der Waals surface area contributed by atoms with E-state index in [1.807, 2.05) is 6.07 Å². The van der Waals surface area contributed by atoms with Crippen molar-refractivity contribution in [3.05, 3.63) is 29.6 Å². The summed E-state index contributed by atoms with van der Waals surface area (Å²) in [5, 5.41) is 0. The highest BCUT2D eigenvalue weighted by Gasteiger charge is 2.39. The van der Waals surface area contributed by atoms with Gasteiger partial charge in [-0.3, -0.25) is 11.3 Å². The van der Waals surface area contributed by atoms with Crippen LogP contribution in [0.3, 0.4) is 0 Å². The van der Waals surface area contributed by atoms with Crippen molar-refractivity contribution in [3.8, 4) is 5.75 Å². The van der Waals surface area contributed by atoms with Gasteiger partial charge in [0.05, 0.1) is 7.11 Å². The summed E-state index contributed by atoms with van der Waals surface area (Å²) >= 11 is 0. The lowest BCUT2D eigenvalue weighted by Gasteiger charge is -2.34. The molecular formula is C15H23FN2O. The fourth-order valence-electron chi connectivity index (χ4n) is 3.29. The van der Waals surface area contributed by atoms with Crippen molar-refractivity contribution in [3.63, 3.8) is 0 Å². The first-order chi connectivity index (χ1) is 8.99. The zero-order chi connectivity index (χ0) is 14.0. The van der Waals surface area contributed by atoms with Crippen LogP contribution < -0.4 is 16.0 Å². The molecular weight excluding hydrogens is 243 g/mol. The number of ether oxygens (including phenoxy) is 1. The monoisotopic (exact) mass is 266 g/mol. The van der Waals surface area contributed by atoms with Gasteiger partial charge in [0.25, 0.3) is 0 Å². The Morgan fingerprint density at radius 3 is 2.68 bits per heavy atom. The van der Waals surface area contributed by atoms with E-state index in [2.05, 4.69) is 19.3 Å². The maximum Gasteiger partial charge on any atom is 0.165 e. The maximum absolute atomic E-state index is 13.8. The van der Waals surface area contributed by atoms with E-state index < -0.39 is 0 Å². The van der Waals surface area contributed by atoms with Crippen LogP contribution in [-0.2, 0) is 0 Å². The van der Waals surface area contributed by atoms with Gasteiger partial charge in [-0.05, 0) is 41.9 Å². The highest BCUT2D eigenvalue weighted by atomic mass is 19.1. The zero-order valence-corrected chi connectivity index (χ0v) is 11.9. The van der Waals surface area contributed by atoms with E-state index >= 15 is 0 Å². The molecule has 1 aromatic rings. The summed E-state index contributed by atoms with van der Waals surface area (Å²) in [6.45, 7) is 4.52. The topological polar surface area (TPSA) is 47.3 Å². The van der Waals surface area contributed by atoms with E-state index in [0.29, 0.717) is 5.92 Å². The van der Waals surface area contributed by atoms with Gasteiger partial charge in [-0.2, -0.15) is 0 Å². The van der Waals surface area contributed by atoms with Crippen LogP contribution in [0.5, 0.6) is 5.75 Å². The minimum Gasteiger partial charge on any atom is -0.494 e.